The number of carbonyl (C=O) groups is 4. The maximum atomic E-state index is 14.2. The maximum absolute atomic E-state index is 14.2. The number of ether oxygens (including phenoxy) is 1. The molecule has 3 aliphatic rings. The molecular weight excluding hydrogens is 784 g/mol. The SMILES string of the molecule is CCN(C(=O)c1cc(F)ccc1Oc1cncnc1N1CC2(CCN(CC3CCC(NS(=O)(=O)CC)CC3)CC2)C1)C(C)C.O.O=C(O)CC(O)(CC(=O)O)C(=O)O. The van der Waals surface area contributed by atoms with E-state index in [1.807, 2.05) is 20.8 Å². The number of hydrogen-bond acceptors (Lipinski definition) is 12. The Hall–Kier alpha value is -4.50. The normalized spacial score (nSPS) is 19.3. The maximum Gasteiger partial charge on any atom is 0.336 e. The van der Waals surface area contributed by atoms with E-state index in [1.54, 1.807) is 18.0 Å². The summed E-state index contributed by atoms with van der Waals surface area (Å²) in [7, 11) is -3.14. The Bertz CT molecular complexity index is 1830. The van der Waals surface area contributed by atoms with Crippen LogP contribution in [-0.2, 0) is 24.4 Å². The van der Waals surface area contributed by atoms with Crippen molar-refractivity contribution in [3.05, 3.63) is 42.1 Å². The summed E-state index contributed by atoms with van der Waals surface area (Å²) in [5, 5.41) is 33.8. The van der Waals surface area contributed by atoms with E-state index in [0.717, 1.165) is 71.2 Å². The molecule has 7 N–H and O–H groups in total. The van der Waals surface area contributed by atoms with Crippen LogP contribution in [0.15, 0.2) is 30.7 Å². The lowest BCUT2D eigenvalue weighted by Gasteiger charge is -2.54. The number of sulfonamides is 1. The van der Waals surface area contributed by atoms with Gasteiger partial charge in [0.1, 0.15) is 17.9 Å². The van der Waals surface area contributed by atoms with Gasteiger partial charge in [-0.25, -0.2) is 32.3 Å². The van der Waals surface area contributed by atoms with Gasteiger partial charge in [-0.2, -0.15) is 0 Å². The molecule has 58 heavy (non-hydrogen) atoms. The molecule has 0 bridgehead atoms. The van der Waals surface area contributed by atoms with Crippen LogP contribution < -0.4 is 14.4 Å². The second kappa shape index (κ2) is 20.5. The molecule has 1 saturated carbocycles. The fourth-order valence-electron chi connectivity index (χ4n) is 7.71. The number of anilines is 1. The summed E-state index contributed by atoms with van der Waals surface area (Å²) < 4.78 is 47.2. The highest BCUT2D eigenvalue weighted by atomic mass is 32.2. The number of rotatable bonds is 16. The van der Waals surface area contributed by atoms with Gasteiger partial charge < -0.3 is 45.3 Å². The summed E-state index contributed by atoms with van der Waals surface area (Å²) >= 11 is 0. The molecule has 1 aromatic heterocycles. The highest BCUT2D eigenvalue weighted by Gasteiger charge is 2.46. The summed E-state index contributed by atoms with van der Waals surface area (Å²) in [6, 6.07) is 4.08. The first-order chi connectivity index (χ1) is 26.8. The number of carbonyl (C=O) groups excluding carboxylic acids is 1. The van der Waals surface area contributed by atoms with Gasteiger partial charge in [-0.15, -0.1) is 0 Å². The first-order valence-corrected chi connectivity index (χ1v) is 20.9. The van der Waals surface area contributed by atoms with Crippen molar-refractivity contribution in [2.24, 2.45) is 11.3 Å². The molecule has 0 atom stereocenters. The second-order valence-electron chi connectivity index (χ2n) is 15.5. The summed E-state index contributed by atoms with van der Waals surface area (Å²) in [5.74, 6) is -3.61. The number of piperidine rings is 1. The molecular formula is C38H57FN6O12S. The lowest BCUT2D eigenvalue weighted by molar-refractivity contribution is -0.170. The summed E-state index contributed by atoms with van der Waals surface area (Å²) in [5.41, 5.74) is -2.32. The van der Waals surface area contributed by atoms with Crippen LogP contribution in [0.5, 0.6) is 11.5 Å². The van der Waals surface area contributed by atoms with E-state index in [9.17, 15) is 32.0 Å². The minimum atomic E-state index is -3.14. The van der Waals surface area contributed by atoms with Crippen molar-refractivity contribution >= 4 is 39.7 Å². The van der Waals surface area contributed by atoms with E-state index in [1.165, 1.54) is 24.5 Å². The molecule has 0 radical (unpaired) electrons. The Kier molecular flexibility index (Phi) is 16.9. The van der Waals surface area contributed by atoms with Crippen molar-refractivity contribution in [2.75, 3.05) is 49.9 Å². The third-order valence-corrected chi connectivity index (χ3v) is 12.4. The average molecular weight is 841 g/mol. The van der Waals surface area contributed by atoms with Gasteiger partial charge in [0.2, 0.25) is 10.0 Å². The van der Waals surface area contributed by atoms with Gasteiger partial charge in [0.25, 0.3) is 5.91 Å². The number of hydrogen-bond donors (Lipinski definition) is 5. The van der Waals surface area contributed by atoms with Gasteiger partial charge in [0.15, 0.2) is 17.2 Å². The number of aliphatic hydroxyl groups is 1. The molecule has 3 fully saturated rings. The molecule has 1 spiro atoms. The number of aromatic nitrogens is 2. The second-order valence-corrected chi connectivity index (χ2v) is 17.6. The van der Waals surface area contributed by atoms with Crippen LogP contribution in [-0.4, -0.2) is 141 Å². The first-order valence-electron chi connectivity index (χ1n) is 19.2. The smallest absolute Gasteiger partial charge is 0.336 e. The van der Waals surface area contributed by atoms with Gasteiger partial charge in [0, 0.05) is 43.7 Å². The van der Waals surface area contributed by atoms with E-state index < -0.39 is 52.2 Å². The third-order valence-electron chi connectivity index (χ3n) is 10.9. The molecule has 0 unspecified atom stereocenters. The zero-order chi connectivity index (χ0) is 42.1. The number of halogens is 1. The first kappa shape index (κ1) is 47.9. The van der Waals surface area contributed by atoms with Crippen molar-refractivity contribution in [3.8, 4) is 11.5 Å². The number of likely N-dealkylation sites (tertiary alicyclic amines) is 1. The molecule has 2 aromatic rings. The topological polar surface area (TPSA) is 272 Å². The predicted molar refractivity (Wildman–Crippen MR) is 210 cm³/mol. The summed E-state index contributed by atoms with van der Waals surface area (Å²) in [6.45, 7) is 12.9. The number of nitrogens with zero attached hydrogens (tertiary/aromatic N) is 5. The number of aliphatic carboxylic acids is 3. The average Bonchev–Trinajstić information content (AvgIpc) is 3.12. The molecule has 3 heterocycles. The minimum Gasteiger partial charge on any atom is -0.481 e. The molecule has 20 heteroatoms. The summed E-state index contributed by atoms with van der Waals surface area (Å²) in [6.07, 6.45) is 7.04. The predicted octanol–water partition coefficient (Wildman–Crippen LogP) is 2.61. The number of benzene rings is 1. The highest BCUT2D eigenvalue weighted by Crippen LogP contribution is 2.45. The number of nitrogens with one attached hydrogen (secondary N) is 1. The minimum absolute atomic E-state index is 0. The van der Waals surface area contributed by atoms with Crippen LogP contribution >= 0.6 is 0 Å². The number of amides is 1. The van der Waals surface area contributed by atoms with Crippen LogP contribution in [0.4, 0.5) is 10.2 Å². The Morgan fingerprint density at radius 1 is 1.02 bits per heavy atom. The zero-order valence-corrected chi connectivity index (χ0v) is 34.2. The highest BCUT2D eigenvalue weighted by molar-refractivity contribution is 7.89. The zero-order valence-electron chi connectivity index (χ0n) is 33.4. The standard InChI is InChI=1S/C32H47FN6O4S.C6H8O7.H2O/c1-5-39(23(3)4)31(40)27-17-25(33)9-12-28(27)43-29-18-34-22-35-30(29)38-20-32(21-38)13-15-37(16-14-32)19-24-7-10-26(11-8-24)36-44(41,42)6-2;7-3(8)1-6(13,5(11)12)2-4(9)10;/h9,12,17-18,22-24,26,36H,5-8,10-11,13-16,19-21H2,1-4H3;13H,1-2H2,(H,7,8)(H,9,10)(H,11,12);1H2. The van der Waals surface area contributed by atoms with Crippen molar-refractivity contribution < 1.29 is 62.6 Å². The quantitative estimate of drug-likeness (QED) is 0.163. The van der Waals surface area contributed by atoms with E-state index in [0.29, 0.717) is 24.0 Å². The third kappa shape index (κ3) is 12.7. The molecule has 18 nitrogen and oxygen atoms in total. The van der Waals surface area contributed by atoms with Crippen LogP contribution in [0, 0.1) is 17.2 Å². The van der Waals surface area contributed by atoms with Gasteiger partial charge in [-0.05, 0) is 103 Å². The van der Waals surface area contributed by atoms with Crippen molar-refractivity contribution in [1.29, 1.82) is 0 Å². The monoisotopic (exact) mass is 840 g/mol. The fraction of sp³-hybridized carbons (Fsp3) is 0.632. The Labute approximate surface area is 337 Å². The number of carboxylic acids is 3. The van der Waals surface area contributed by atoms with Crippen LogP contribution in [0.1, 0.15) is 89.4 Å². The molecule has 1 amide bonds. The molecule has 1 aromatic carbocycles. The largest absolute Gasteiger partial charge is 0.481 e. The van der Waals surface area contributed by atoms with Gasteiger partial charge in [-0.1, -0.05) is 0 Å². The molecule has 5 rings (SSSR count). The van der Waals surface area contributed by atoms with E-state index >= 15 is 0 Å². The van der Waals surface area contributed by atoms with Gasteiger partial charge in [-0.3, -0.25) is 14.4 Å². The Balaban J connectivity index is 0.000000554. The van der Waals surface area contributed by atoms with Crippen molar-refractivity contribution in [2.45, 2.75) is 96.7 Å². The van der Waals surface area contributed by atoms with Crippen LogP contribution in [0.2, 0.25) is 0 Å². The van der Waals surface area contributed by atoms with Crippen molar-refractivity contribution in [3.63, 3.8) is 0 Å². The van der Waals surface area contributed by atoms with Gasteiger partial charge in [0.05, 0.1) is 30.4 Å². The Morgan fingerprint density at radius 3 is 2.14 bits per heavy atom. The van der Waals surface area contributed by atoms with E-state index in [4.69, 9.17) is 25.2 Å². The fourth-order valence-corrected chi connectivity index (χ4v) is 8.62. The van der Waals surface area contributed by atoms with Crippen LogP contribution in [0.3, 0.4) is 0 Å². The Morgan fingerprint density at radius 2 is 1.62 bits per heavy atom. The lowest BCUT2D eigenvalue weighted by Crippen LogP contribution is -2.61. The van der Waals surface area contributed by atoms with Crippen molar-refractivity contribution in [1.82, 2.24) is 24.5 Å². The molecule has 2 aliphatic heterocycles. The molecule has 1 aliphatic carbocycles. The molecule has 2 saturated heterocycles. The summed E-state index contributed by atoms with van der Waals surface area (Å²) in [4.78, 5) is 59.0. The van der Waals surface area contributed by atoms with Crippen LogP contribution in [0.25, 0.3) is 0 Å². The molecule has 324 valence electrons. The van der Waals surface area contributed by atoms with Gasteiger partial charge >= 0.3 is 17.9 Å². The lowest BCUT2D eigenvalue weighted by atomic mass is 9.71. The van der Waals surface area contributed by atoms with E-state index in [2.05, 4.69) is 24.5 Å². The van der Waals surface area contributed by atoms with E-state index in [-0.39, 0.29) is 45.9 Å². The number of carboxylic acid groups (broad SMARTS) is 3.